The second-order valence-corrected chi connectivity index (χ2v) is 5.54. The minimum atomic E-state index is -0.325. The van der Waals surface area contributed by atoms with Crippen molar-refractivity contribution in [1.29, 1.82) is 5.41 Å². The third kappa shape index (κ3) is 3.01. The van der Waals surface area contributed by atoms with Crippen molar-refractivity contribution in [3.63, 3.8) is 0 Å². The molecule has 0 aliphatic heterocycles. The predicted molar refractivity (Wildman–Crippen MR) is 79.1 cm³/mol. The van der Waals surface area contributed by atoms with E-state index < -0.39 is 0 Å². The molecule has 4 nitrogen and oxygen atoms in total. The van der Waals surface area contributed by atoms with Crippen LogP contribution in [0.5, 0.6) is 0 Å². The molecule has 1 aromatic rings. The highest BCUT2D eigenvalue weighted by Crippen LogP contribution is 2.30. The van der Waals surface area contributed by atoms with Crippen LogP contribution in [0.2, 0.25) is 5.02 Å². The third-order valence-electron chi connectivity index (χ3n) is 3.82. The van der Waals surface area contributed by atoms with E-state index in [-0.39, 0.29) is 18.0 Å². The van der Waals surface area contributed by atoms with Gasteiger partial charge in [-0.2, -0.15) is 0 Å². The van der Waals surface area contributed by atoms with E-state index >= 15 is 0 Å². The van der Waals surface area contributed by atoms with Crippen LogP contribution in [0.15, 0.2) is 18.2 Å². The molecule has 4 N–H and O–H groups in total. The molecule has 2 atom stereocenters. The summed E-state index contributed by atoms with van der Waals surface area (Å²) in [5, 5.41) is 18.4. The number of amidine groups is 1. The Morgan fingerprint density at radius 1 is 1.42 bits per heavy atom. The van der Waals surface area contributed by atoms with Gasteiger partial charge in [-0.3, -0.25) is 5.41 Å². The number of aliphatic hydroxyl groups excluding tert-OH is 1. The molecule has 1 aromatic carbocycles. The van der Waals surface area contributed by atoms with Crippen LogP contribution < -0.4 is 10.6 Å². The van der Waals surface area contributed by atoms with Crippen LogP contribution >= 0.6 is 11.6 Å². The van der Waals surface area contributed by atoms with Crippen LogP contribution in [-0.2, 0) is 0 Å². The van der Waals surface area contributed by atoms with Crippen molar-refractivity contribution in [3.8, 4) is 0 Å². The Balaban J connectivity index is 2.32. The second kappa shape index (κ2) is 5.80. The van der Waals surface area contributed by atoms with Crippen LogP contribution in [0.4, 0.5) is 5.69 Å². The number of nitrogen functional groups attached to an aromatic ring is 1. The average Bonchev–Trinajstić information content (AvgIpc) is 2.38. The van der Waals surface area contributed by atoms with Crippen LogP contribution in [0, 0.1) is 5.41 Å². The van der Waals surface area contributed by atoms with E-state index in [1.165, 1.54) is 0 Å². The van der Waals surface area contributed by atoms with Gasteiger partial charge in [-0.05, 0) is 31.0 Å². The van der Waals surface area contributed by atoms with E-state index in [2.05, 4.69) is 0 Å². The monoisotopic (exact) mass is 281 g/mol. The first-order valence-electron chi connectivity index (χ1n) is 6.55. The molecular formula is C14H20ClN3O. The Bertz CT molecular complexity index is 478. The van der Waals surface area contributed by atoms with Gasteiger partial charge in [-0.1, -0.05) is 24.4 Å². The quantitative estimate of drug-likeness (QED) is 0.588. The van der Waals surface area contributed by atoms with Gasteiger partial charge < -0.3 is 15.7 Å². The molecule has 2 unspecified atom stereocenters. The molecule has 0 saturated heterocycles. The van der Waals surface area contributed by atoms with Crippen molar-refractivity contribution in [2.45, 2.75) is 37.8 Å². The maximum atomic E-state index is 10.1. The molecule has 2 rings (SSSR count). The lowest BCUT2D eigenvalue weighted by Gasteiger charge is -2.37. The molecular weight excluding hydrogens is 262 g/mol. The molecule has 1 fully saturated rings. The van der Waals surface area contributed by atoms with Gasteiger partial charge in [0.2, 0.25) is 0 Å². The number of nitrogens with zero attached hydrogens (tertiary/aromatic N) is 1. The topological polar surface area (TPSA) is 73.3 Å². The molecule has 1 aliphatic carbocycles. The molecule has 0 radical (unpaired) electrons. The van der Waals surface area contributed by atoms with Gasteiger partial charge in [0, 0.05) is 23.3 Å². The Morgan fingerprint density at radius 2 is 2.11 bits per heavy atom. The summed E-state index contributed by atoms with van der Waals surface area (Å²) in [5.74, 6) is -0.00495. The number of rotatable bonds is 3. The summed E-state index contributed by atoms with van der Waals surface area (Å²) in [4.78, 5) is 2.02. The van der Waals surface area contributed by atoms with Crippen molar-refractivity contribution < 1.29 is 5.11 Å². The Hall–Kier alpha value is -1.26. The van der Waals surface area contributed by atoms with E-state index in [4.69, 9.17) is 22.7 Å². The molecule has 5 heteroatoms. The fourth-order valence-corrected chi connectivity index (χ4v) is 2.93. The minimum absolute atomic E-state index is 0.00495. The maximum absolute atomic E-state index is 10.1. The van der Waals surface area contributed by atoms with E-state index in [9.17, 15) is 5.11 Å². The zero-order chi connectivity index (χ0) is 14.0. The van der Waals surface area contributed by atoms with Crippen LogP contribution in [0.3, 0.4) is 0 Å². The Labute approximate surface area is 118 Å². The van der Waals surface area contributed by atoms with Crippen molar-refractivity contribution in [2.75, 3.05) is 11.9 Å². The molecule has 104 valence electrons. The van der Waals surface area contributed by atoms with Gasteiger partial charge in [0.15, 0.2) is 0 Å². The SMILES string of the molecule is CN(c1ccc(Cl)cc1C(=N)N)C1CCCCC1O. The molecule has 0 bridgehead atoms. The standard InChI is InChI=1S/C14H20ClN3O/c1-18(12-4-2-3-5-13(12)19)11-7-6-9(15)8-10(11)14(16)17/h6-8,12-13,19H,2-5H2,1H3,(H3,16,17). The highest BCUT2D eigenvalue weighted by Gasteiger charge is 2.28. The van der Waals surface area contributed by atoms with Gasteiger partial charge >= 0.3 is 0 Å². The molecule has 1 saturated carbocycles. The number of nitrogens with two attached hydrogens (primary N) is 1. The molecule has 19 heavy (non-hydrogen) atoms. The summed E-state index contributed by atoms with van der Waals surface area (Å²) in [6.07, 6.45) is 3.66. The molecule has 0 spiro atoms. The van der Waals surface area contributed by atoms with Crippen LogP contribution in [-0.4, -0.2) is 30.1 Å². The smallest absolute Gasteiger partial charge is 0.124 e. The summed E-state index contributed by atoms with van der Waals surface area (Å²) < 4.78 is 0. The number of benzene rings is 1. The number of hydrogen-bond donors (Lipinski definition) is 3. The largest absolute Gasteiger partial charge is 0.391 e. The highest BCUT2D eigenvalue weighted by molar-refractivity contribution is 6.31. The number of halogens is 1. The number of nitrogens with one attached hydrogen (secondary N) is 1. The van der Waals surface area contributed by atoms with Gasteiger partial charge in [-0.15, -0.1) is 0 Å². The van der Waals surface area contributed by atoms with Gasteiger partial charge in [0.1, 0.15) is 5.84 Å². The van der Waals surface area contributed by atoms with Crippen LogP contribution in [0.1, 0.15) is 31.2 Å². The summed E-state index contributed by atoms with van der Waals surface area (Å²) >= 11 is 5.96. The molecule has 0 aromatic heterocycles. The van der Waals surface area contributed by atoms with Gasteiger partial charge in [-0.25, -0.2) is 0 Å². The lowest BCUT2D eigenvalue weighted by Crippen LogP contribution is -2.44. The lowest BCUT2D eigenvalue weighted by molar-refractivity contribution is 0.106. The fraction of sp³-hybridized carbons (Fsp3) is 0.500. The summed E-state index contributed by atoms with van der Waals surface area (Å²) in [7, 11) is 1.94. The normalized spacial score (nSPS) is 23.1. The summed E-state index contributed by atoms with van der Waals surface area (Å²) in [5.41, 5.74) is 7.09. The van der Waals surface area contributed by atoms with E-state index in [0.29, 0.717) is 10.6 Å². The number of likely N-dealkylation sites (N-methyl/N-ethyl adjacent to an activating group) is 1. The zero-order valence-electron chi connectivity index (χ0n) is 11.1. The molecule has 0 heterocycles. The Kier molecular flexibility index (Phi) is 4.32. The summed E-state index contributed by atoms with van der Waals surface area (Å²) in [6.45, 7) is 0. The second-order valence-electron chi connectivity index (χ2n) is 5.11. The number of anilines is 1. The minimum Gasteiger partial charge on any atom is -0.391 e. The van der Waals surface area contributed by atoms with E-state index in [1.54, 1.807) is 12.1 Å². The van der Waals surface area contributed by atoms with Crippen molar-refractivity contribution in [2.24, 2.45) is 5.73 Å². The van der Waals surface area contributed by atoms with Crippen molar-refractivity contribution in [3.05, 3.63) is 28.8 Å². The lowest BCUT2D eigenvalue weighted by atomic mass is 9.91. The zero-order valence-corrected chi connectivity index (χ0v) is 11.8. The first-order valence-corrected chi connectivity index (χ1v) is 6.93. The van der Waals surface area contributed by atoms with Crippen molar-refractivity contribution >= 4 is 23.1 Å². The van der Waals surface area contributed by atoms with Gasteiger partial charge in [0.25, 0.3) is 0 Å². The van der Waals surface area contributed by atoms with E-state index in [1.807, 2.05) is 18.0 Å². The van der Waals surface area contributed by atoms with Crippen LogP contribution in [0.25, 0.3) is 0 Å². The first kappa shape index (κ1) is 14.2. The molecule has 1 aliphatic rings. The number of aliphatic hydroxyl groups is 1. The number of hydrogen-bond acceptors (Lipinski definition) is 3. The summed E-state index contributed by atoms with van der Waals surface area (Å²) in [6, 6.07) is 5.42. The first-order chi connectivity index (χ1) is 9.00. The van der Waals surface area contributed by atoms with Crippen molar-refractivity contribution in [1.82, 2.24) is 0 Å². The Morgan fingerprint density at radius 3 is 2.74 bits per heavy atom. The predicted octanol–water partition coefficient (Wildman–Crippen LogP) is 2.36. The fourth-order valence-electron chi connectivity index (χ4n) is 2.75. The van der Waals surface area contributed by atoms with E-state index in [0.717, 1.165) is 31.4 Å². The highest BCUT2D eigenvalue weighted by atomic mass is 35.5. The van der Waals surface area contributed by atoms with Gasteiger partial charge in [0.05, 0.1) is 12.1 Å². The molecule has 0 amide bonds. The average molecular weight is 282 g/mol. The third-order valence-corrected chi connectivity index (χ3v) is 4.06. The maximum Gasteiger partial charge on any atom is 0.124 e.